The maximum absolute atomic E-state index is 12.2. The molecule has 27 heavy (non-hydrogen) atoms. The molecule has 0 heterocycles. The summed E-state index contributed by atoms with van der Waals surface area (Å²) in [5.74, 6) is -0.478. The van der Waals surface area contributed by atoms with Gasteiger partial charge in [-0.3, -0.25) is 9.59 Å². The number of benzene rings is 2. The van der Waals surface area contributed by atoms with Gasteiger partial charge in [-0.15, -0.1) is 0 Å². The van der Waals surface area contributed by atoms with Gasteiger partial charge in [0.25, 0.3) is 5.91 Å². The molecule has 0 unspecified atom stereocenters. The van der Waals surface area contributed by atoms with Crippen molar-refractivity contribution in [1.82, 2.24) is 5.43 Å². The minimum atomic E-state index is -0.298. The van der Waals surface area contributed by atoms with Gasteiger partial charge >= 0.3 is 0 Å². The van der Waals surface area contributed by atoms with Crippen molar-refractivity contribution in [2.75, 3.05) is 5.32 Å². The van der Waals surface area contributed by atoms with Crippen LogP contribution in [0.3, 0.4) is 0 Å². The maximum Gasteiger partial charge on any atom is 0.271 e. The van der Waals surface area contributed by atoms with E-state index >= 15 is 0 Å². The molecular formula is C21H24IN3O2. The number of hydrazone groups is 1. The Morgan fingerprint density at radius 2 is 1.59 bits per heavy atom. The van der Waals surface area contributed by atoms with Crippen LogP contribution in [-0.4, -0.2) is 17.5 Å². The lowest BCUT2D eigenvalue weighted by atomic mass is 9.87. The van der Waals surface area contributed by atoms with Crippen molar-refractivity contribution in [1.29, 1.82) is 0 Å². The number of carbonyl (C=O) groups is 2. The molecule has 0 aliphatic carbocycles. The molecule has 142 valence electrons. The predicted molar refractivity (Wildman–Crippen MR) is 118 cm³/mol. The minimum absolute atomic E-state index is 0.0359. The van der Waals surface area contributed by atoms with Crippen molar-refractivity contribution in [2.45, 2.75) is 39.5 Å². The number of carbonyl (C=O) groups excluding carboxylic acids is 2. The first-order valence-electron chi connectivity index (χ1n) is 8.64. The molecule has 2 aromatic rings. The van der Waals surface area contributed by atoms with Crippen molar-refractivity contribution >= 4 is 45.8 Å². The van der Waals surface area contributed by atoms with Crippen molar-refractivity contribution in [3.63, 3.8) is 0 Å². The van der Waals surface area contributed by atoms with E-state index in [2.05, 4.69) is 59.2 Å². The fraction of sp³-hybridized carbons (Fsp3) is 0.286. The van der Waals surface area contributed by atoms with E-state index in [4.69, 9.17) is 0 Å². The number of hydrogen-bond acceptors (Lipinski definition) is 3. The van der Waals surface area contributed by atoms with Crippen LogP contribution in [0.2, 0.25) is 0 Å². The van der Waals surface area contributed by atoms with Gasteiger partial charge in [0.2, 0.25) is 5.91 Å². The summed E-state index contributed by atoms with van der Waals surface area (Å²) in [4.78, 5) is 24.2. The number of nitrogens with one attached hydrogen (secondary N) is 2. The second-order valence-corrected chi connectivity index (χ2v) is 8.59. The Morgan fingerprint density at radius 1 is 1.00 bits per heavy atom. The summed E-state index contributed by atoms with van der Waals surface area (Å²) >= 11 is 2.21. The monoisotopic (exact) mass is 477 g/mol. The van der Waals surface area contributed by atoms with Crippen LogP contribution < -0.4 is 10.7 Å². The molecular weight excluding hydrogens is 453 g/mol. The second kappa shape index (κ2) is 9.12. The maximum atomic E-state index is 12.2. The smallest absolute Gasteiger partial charge is 0.271 e. The van der Waals surface area contributed by atoms with Crippen LogP contribution in [-0.2, 0) is 10.2 Å². The zero-order valence-corrected chi connectivity index (χ0v) is 18.1. The molecule has 0 radical (unpaired) electrons. The molecule has 0 saturated carbocycles. The summed E-state index contributed by atoms with van der Waals surface area (Å²) in [6.07, 6.45) is 0.106. The van der Waals surface area contributed by atoms with E-state index in [0.29, 0.717) is 11.3 Å². The fourth-order valence-electron chi connectivity index (χ4n) is 2.34. The van der Waals surface area contributed by atoms with E-state index in [1.165, 1.54) is 0 Å². The van der Waals surface area contributed by atoms with E-state index in [-0.39, 0.29) is 23.7 Å². The third kappa shape index (κ3) is 6.78. The highest BCUT2D eigenvalue weighted by atomic mass is 127. The summed E-state index contributed by atoms with van der Waals surface area (Å²) in [7, 11) is 0. The van der Waals surface area contributed by atoms with Crippen LogP contribution in [0.5, 0.6) is 0 Å². The van der Waals surface area contributed by atoms with Crippen LogP contribution in [0.25, 0.3) is 0 Å². The molecule has 2 rings (SSSR count). The molecule has 2 N–H and O–H groups in total. The second-order valence-electron chi connectivity index (χ2n) is 7.35. The largest absolute Gasteiger partial charge is 0.326 e. The third-order valence-corrected chi connectivity index (χ3v) is 4.62. The number of rotatable bonds is 5. The van der Waals surface area contributed by atoms with E-state index in [9.17, 15) is 9.59 Å². The lowest BCUT2D eigenvalue weighted by Crippen LogP contribution is -2.21. The molecule has 0 spiro atoms. The van der Waals surface area contributed by atoms with Crippen LogP contribution in [0, 0.1) is 3.57 Å². The van der Waals surface area contributed by atoms with Crippen molar-refractivity contribution in [3.05, 3.63) is 63.2 Å². The molecule has 6 heteroatoms. The van der Waals surface area contributed by atoms with E-state index in [1.807, 2.05) is 36.4 Å². The van der Waals surface area contributed by atoms with Gasteiger partial charge in [-0.05, 0) is 76.9 Å². The van der Waals surface area contributed by atoms with Crippen LogP contribution in [0.1, 0.15) is 50.0 Å². The molecule has 0 saturated heterocycles. The van der Waals surface area contributed by atoms with Gasteiger partial charge in [0.05, 0.1) is 6.42 Å². The normalized spacial score (nSPS) is 11.8. The van der Waals surface area contributed by atoms with Crippen LogP contribution in [0.4, 0.5) is 5.69 Å². The molecule has 0 aromatic heterocycles. The van der Waals surface area contributed by atoms with Gasteiger partial charge in [0, 0.05) is 20.5 Å². The molecule has 0 fully saturated rings. The third-order valence-electron chi connectivity index (χ3n) is 3.91. The van der Waals surface area contributed by atoms with Gasteiger partial charge < -0.3 is 5.32 Å². The molecule has 0 aliphatic rings. The van der Waals surface area contributed by atoms with Crippen LogP contribution >= 0.6 is 22.6 Å². The van der Waals surface area contributed by atoms with Crippen LogP contribution in [0.15, 0.2) is 53.6 Å². The summed E-state index contributed by atoms with van der Waals surface area (Å²) in [6.45, 7) is 8.07. The van der Waals surface area contributed by atoms with Crippen molar-refractivity contribution < 1.29 is 9.59 Å². The number of amides is 2. The predicted octanol–water partition coefficient (Wildman–Crippen LogP) is 4.72. The van der Waals surface area contributed by atoms with E-state index in [0.717, 1.165) is 14.8 Å². The first kappa shape index (κ1) is 21.1. The SMILES string of the molecule is CC(CC(=O)Nc1ccc(I)cc1)=NNC(=O)c1ccc(C(C)(C)C)cc1. The molecule has 5 nitrogen and oxygen atoms in total. The first-order valence-corrected chi connectivity index (χ1v) is 9.72. The number of anilines is 1. The highest BCUT2D eigenvalue weighted by Crippen LogP contribution is 2.22. The molecule has 2 amide bonds. The Balaban J connectivity index is 1.89. The van der Waals surface area contributed by atoms with Gasteiger partial charge in [0.1, 0.15) is 0 Å². The van der Waals surface area contributed by atoms with E-state index < -0.39 is 0 Å². The summed E-state index contributed by atoms with van der Waals surface area (Å²) < 4.78 is 1.10. The zero-order valence-electron chi connectivity index (χ0n) is 16.0. The van der Waals surface area contributed by atoms with Gasteiger partial charge in [-0.2, -0.15) is 5.10 Å². The minimum Gasteiger partial charge on any atom is -0.326 e. The number of halogens is 1. The topological polar surface area (TPSA) is 70.6 Å². The van der Waals surface area contributed by atoms with Crippen molar-refractivity contribution in [2.24, 2.45) is 5.10 Å². The first-order chi connectivity index (χ1) is 12.6. The van der Waals surface area contributed by atoms with Gasteiger partial charge in [-0.25, -0.2) is 5.43 Å². The Kier molecular flexibility index (Phi) is 7.12. The summed E-state index contributed by atoms with van der Waals surface area (Å²) in [5.41, 5.74) is 5.48. The van der Waals surface area contributed by atoms with E-state index in [1.54, 1.807) is 19.1 Å². The Bertz CT molecular complexity index is 835. The Hall–Kier alpha value is -2.22. The fourth-order valence-corrected chi connectivity index (χ4v) is 2.70. The molecule has 0 bridgehead atoms. The average molecular weight is 477 g/mol. The van der Waals surface area contributed by atoms with Gasteiger partial charge in [0.15, 0.2) is 0 Å². The van der Waals surface area contributed by atoms with Crippen molar-refractivity contribution in [3.8, 4) is 0 Å². The Morgan fingerprint density at radius 3 is 2.15 bits per heavy atom. The highest BCUT2D eigenvalue weighted by Gasteiger charge is 2.14. The molecule has 2 aromatic carbocycles. The lowest BCUT2D eigenvalue weighted by molar-refractivity contribution is -0.115. The lowest BCUT2D eigenvalue weighted by Gasteiger charge is -2.18. The number of nitrogens with zero attached hydrogens (tertiary/aromatic N) is 1. The molecule has 0 atom stereocenters. The number of hydrogen-bond donors (Lipinski definition) is 2. The molecule has 0 aliphatic heterocycles. The highest BCUT2D eigenvalue weighted by molar-refractivity contribution is 14.1. The van der Waals surface area contributed by atoms with Gasteiger partial charge in [-0.1, -0.05) is 32.9 Å². The standard InChI is InChI=1S/C21H24IN3O2/c1-14(13-19(26)23-18-11-9-17(22)10-12-18)24-25-20(27)15-5-7-16(8-6-15)21(2,3)4/h5-12H,13H2,1-4H3,(H,23,26)(H,25,27). The quantitative estimate of drug-likeness (QED) is 0.372. The average Bonchev–Trinajstić information content (AvgIpc) is 2.61. The Labute approximate surface area is 173 Å². The summed E-state index contributed by atoms with van der Waals surface area (Å²) in [6, 6.07) is 15.0. The zero-order chi connectivity index (χ0) is 20.0. The summed E-state index contributed by atoms with van der Waals surface area (Å²) in [5, 5.41) is 6.83.